The molecule has 0 saturated heterocycles. The van der Waals surface area contributed by atoms with Crippen LogP contribution in [0, 0.1) is 5.92 Å². The minimum Gasteiger partial charge on any atom is -0.481 e. The van der Waals surface area contributed by atoms with Gasteiger partial charge in [0.15, 0.2) is 0 Å². The van der Waals surface area contributed by atoms with Crippen molar-refractivity contribution in [2.24, 2.45) is 5.92 Å². The van der Waals surface area contributed by atoms with Gasteiger partial charge in [-0.1, -0.05) is 0 Å². The molecule has 3 nitrogen and oxygen atoms in total. The molecule has 0 aliphatic carbocycles. The van der Waals surface area contributed by atoms with Crippen LogP contribution in [0.25, 0.3) is 0 Å². The molecule has 0 spiro atoms. The fourth-order valence-electron chi connectivity index (χ4n) is 0.509. The van der Waals surface area contributed by atoms with Gasteiger partial charge in [-0.3, -0.25) is 4.79 Å². The van der Waals surface area contributed by atoms with Crippen molar-refractivity contribution < 1.29 is 28.2 Å². The summed E-state index contributed by atoms with van der Waals surface area (Å²) < 4.78 is 34.4. The Balaban J connectivity index is 3.99. The molecule has 2 N–H and O–H groups in total. The average Bonchev–Trinajstić information content (AvgIpc) is 1.80. The molecule has 0 aromatic rings. The Bertz CT molecular complexity index is 142. The molecule has 0 heterocycles. The number of aliphatic hydroxyl groups is 1. The quantitative estimate of drug-likeness (QED) is 0.656. The van der Waals surface area contributed by atoms with Gasteiger partial charge in [-0.15, -0.1) is 0 Å². The Kier molecular flexibility index (Phi) is 3.31. The van der Waals surface area contributed by atoms with Crippen LogP contribution < -0.4 is 0 Å². The second kappa shape index (κ2) is 3.56. The van der Waals surface area contributed by atoms with Crippen LogP contribution in [-0.2, 0) is 4.79 Å². The number of hydrogen-bond acceptors (Lipinski definition) is 2. The molecule has 0 aliphatic heterocycles. The molecule has 0 amide bonds. The largest absolute Gasteiger partial charge is 0.481 e. The molecule has 0 aromatic carbocycles. The van der Waals surface area contributed by atoms with Crippen LogP contribution in [0.1, 0.15) is 6.42 Å². The second-order valence-corrected chi connectivity index (χ2v) is 2.04. The molecule has 0 bridgehead atoms. The van der Waals surface area contributed by atoms with Crippen LogP contribution in [-0.4, -0.2) is 29.0 Å². The Morgan fingerprint density at radius 2 is 1.91 bits per heavy atom. The van der Waals surface area contributed by atoms with Gasteiger partial charge in [0.1, 0.15) is 0 Å². The lowest BCUT2D eigenvalue weighted by Crippen LogP contribution is -2.24. The van der Waals surface area contributed by atoms with Crippen molar-refractivity contribution in [2.75, 3.05) is 6.61 Å². The molecule has 0 fully saturated rings. The van der Waals surface area contributed by atoms with Crippen molar-refractivity contribution in [3.8, 4) is 0 Å². The summed E-state index contributed by atoms with van der Waals surface area (Å²) in [6, 6.07) is 0. The van der Waals surface area contributed by atoms with Gasteiger partial charge in [0.25, 0.3) is 0 Å². The van der Waals surface area contributed by atoms with E-state index in [2.05, 4.69) is 0 Å². The lowest BCUT2D eigenvalue weighted by molar-refractivity contribution is -0.166. The van der Waals surface area contributed by atoms with Crippen molar-refractivity contribution in [3.05, 3.63) is 0 Å². The molecule has 6 heteroatoms. The van der Waals surface area contributed by atoms with Crippen LogP contribution in [0.3, 0.4) is 0 Å². The Morgan fingerprint density at radius 1 is 1.45 bits per heavy atom. The van der Waals surface area contributed by atoms with E-state index in [0.717, 1.165) is 0 Å². The van der Waals surface area contributed by atoms with E-state index in [1.165, 1.54) is 0 Å². The van der Waals surface area contributed by atoms with Gasteiger partial charge in [-0.05, 0) is 0 Å². The number of carboxylic acid groups (broad SMARTS) is 1. The Hall–Kier alpha value is -0.780. The van der Waals surface area contributed by atoms with Crippen LogP contribution >= 0.6 is 0 Å². The number of halogens is 3. The van der Waals surface area contributed by atoms with E-state index in [0.29, 0.717) is 0 Å². The summed E-state index contributed by atoms with van der Waals surface area (Å²) in [5, 5.41) is 16.3. The molecular weight excluding hydrogens is 165 g/mol. The molecule has 1 atom stereocenters. The van der Waals surface area contributed by atoms with Gasteiger partial charge in [-0.25, -0.2) is 0 Å². The SMILES string of the molecule is O=C(O)C(CO)CC(F)(F)F. The average molecular weight is 172 g/mol. The first-order chi connectivity index (χ1) is 4.87. The van der Waals surface area contributed by atoms with E-state index in [9.17, 15) is 18.0 Å². The van der Waals surface area contributed by atoms with E-state index in [4.69, 9.17) is 10.2 Å². The minimum absolute atomic E-state index is 0.991. The third-order valence-corrected chi connectivity index (χ3v) is 1.05. The summed E-state index contributed by atoms with van der Waals surface area (Å²) >= 11 is 0. The zero-order valence-electron chi connectivity index (χ0n) is 5.43. The summed E-state index contributed by atoms with van der Waals surface area (Å²) in [6.07, 6.45) is -6.02. The number of carboxylic acids is 1. The summed E-state index contributed by atoms with van der Waals surface area (Å²) in [7, 11) is 0. The van der Waals surface area contributed by atoms with Gasteiger partial charge >= 0.3 is 12.1 Å². The van der Waals surface area contributed by atoms with E-state index < -0.39 is 31.1 Å². The lowest BCUT2D eigenvalue weighted by Gasteiger charge is -2.10. The highest BCUT2D eigenvalue weighted by molar-refractivity contribution is 5.70. The number of carbonyl (C=O) groups is 1. The fraction of sp³-hybridized carbons (Fsp3) is 0.800. The zero-order valence-corrected chi connectivity index (χ0v) is 5.43. The number of rotatable bonds is 3. The maximum absolute atomic E-state index is 11.5. The van der Waals surface area contributed by atoms with Gasteiger partial charge in [-0.2, -0.15) is 13.2 Å². The third kappa shape index (κ3) is 4.60. The molecule has 0 radical (unpaired) electrons. The first-order valence-corrected chi connectivity index (χ1v) is 2.77. The maximum Gasteiger partial charge on any atom is 0.390 e. The highest BCUT2D eigenvalue weighted by Gasteiger charge is 2.34. The van der Waals surface area contributed by atoms with E-state index in [1.54, 1.807) is 0 Å². The molecule has 0 rings (SSSR count). The van der Waals surface area contributed by atoms with Crippen LogP contribution in [0.4, 0.5) is 13.2 Å². The van der Waals surface area contributed by atoms with E-state index in [1.807, 2.05) is 0 Å². The molecular formula is C5H7F3O3. The van der Waals surface area contributed by atoms with Gasteiger partial charge < -0.3 is 10.2 Å². The predicted molar refractivity (Wildman–Crippen MR) is 28.9 cm³/mol. The third-order valence-electron chi connectivity index (χ3n) is 1.05. The molecule has 0 aliphatic rings. The lowest BCUT2D eigenvalue weighted by atomic mass is 10.1. The predicted octanol–water partition coefficient (Wildman–Crippen LogP) is 0.632. The van der Waals surface area contributed by atoms with E-state index >= 15 is 0 Å². The Morgan fingerprint density at radius 3 is 2.00 bits per heavy atom. The van der Waals surface area contributed by atoms with Crippen LogP contribution in [0.15, 0.2) is 0 Å². The molecule has 11 heavy (non-hydrogen) atoms. The smallest absolute Gasteiger partial charge is 0.390 e. The standard InChI is InChI=1S/C5H7F3O3/c6-5(7,8)1-3(2-9)4(10)11/h3,9H,1-2H2,(H,10,11). The molecule has 0 saturated carbocycles. The summed E-state index contributed by atoms with van der Waals surface area (Å²) in [5.41, 5.74) is 0. The van der Waals surface area contributed by atoms with Crippen LogP contribution in [0.5, 0.6) is 0 Å². The summed E-state index contributed by atoms with van der Waals surface area (Å²) in [4.78, 5) is 9.95. The fourth-order valence-corrected chi connectivity index (χ4v) is 0.509. The normalized spacial score (nSPS) is 14.5. The first-order valence-electron chi connectivity index (χ1n) is 2.77. The van der Waals surface area contributed by atoms with Crippen molar-refractivity contribution in [2.45, 2.75) is 12.6 Å². The number of aliphatic carboxylic acids is 1. The number of alkyl halides is 3. The molecule has 66 valence electrons. The zero-order chi connectivity index (χ0) is 9.07. The monoisotopic (exact) mass is 172 g/mol. The van der Waals surface area contributed by atoms with Gasteiger partial charge in [0.2, 0.25) is 0 Å². The molecule has 1 unspecified atom stereocenters. The van der Waals surface area contributed by atoms with Crippen molar-refractivity contribution in [1.82, 2.24) is 0 Å². The van der Waals surface area contributed by atoms with Crippen LogP contribution in [0.2, 0.25) is 0 Å². The van der Waals surface area contributed by atoms with Crippen molar-refractivity contribution >= 4 is 5.97 Å². The summed E-state index contributed by atoms with van der Waals surface area (Å²) in [5.74, 6) is -3.38. The number of aliphatic hydroxyl groups excluding tert-OH is 1. The highest BCUT2D eigenvalue weighted by atomic mass is 19.4. The maximum atomic E-state index is 11.5. The van der Waals surface area contributed by atoms with Gasteiger partial charge in [0, 0.05) is 0 Å². The number of hydrogen-bond donors (Lipinski definition) is 2. The van der Waals surface area contributed by atoms with Crippen molar-refractivity contribution in [1.29, 1.82) is 0 Å². The first kappa shape index (κ1) is 10.2. The molecule has 0 aromatic heterocycles. The second-order valence-electron chi connectivity index (χ2n) is 2.04. The summed E-state index contributed by atoms with van der Waals surface area (Å²) in [6.45, 7) is -0.991. The minimum atomic E-state index is -4.54. The van der Waals surface area contributed by atoms with Gasteiger partial charge in [0.05, 0.1) is 18.9 Å². The highest BCUT2D eigenvalue weighted by Crippen LogP contribution is 2.24. The van der Waals surface area contributed by atoms with Crippen molar-refractivity contribution in [3.63, 3.8) is 0 Å². The Labute approximate surface area is 60.4 Å². The van der Waals surface area contributed by atoms with E-state index in [-0.39, 0.29) is 0 Å². The topological polar surface area (TPSA) is 57.5 Å².